The van der Waals surface area contributed by atoms with E-state index in [1.807, 2.05) is 18.2 Å². The number of nitrogens with zero attached hydrogens (tertiary/aromatic N) is 2. The quantitative estimate of drug-likeness (QED) is 0.528. The van der Waals surface area contributed by atoms with Crippen molar-refractivity contribution >= 4 is 17.7 Å². The van der Waals surface area contributed by atoms with Crippen molar-refractivity contribution in [3.8, 4) is 11.5 Å². The molecule has 0 saturated carbocycles. The van der Waals surface area contributed by atoms with E-state index in [-0.39, 0.29) is 43.2 Å². The van der Waals surface area contributed by atoms with Gasteiger partial charge >= 0.3 is 0 Å². The highest BCUT2D eigenvalue weighted by Crippen LogP contribution is 2.39. The monoisotopic (exact) mass is 545 g/mol. The number of ether oxygens (including phenoxy) is 3. The number of carbonyl (C=O) groups excluding carboxylic acids is 3. The zero-order chi connectivity index (χ0) is 27.7. The Morgan fingerprint density at radius 3 is 2.40 bits per heavy atom. The summed E-state index contributed by atoms with van der Waals surface area (Å²) in [5.74, 6) is -0.138. The highest BCUT2D eigenvalue weighted by molar-refractivity contribution is 5.98. The predicted octanol–water partition coefficient (Wildman–Crippen LogP) is 3.34. The van der Waals surface area contributed by atoms with Crippen molar-refractivity contribution in [2.24, 2.45) is 0 Å². The topological polar surface area (TPSA) is 97.4 Å². The largest absolute Gasteiger partial charge is 0.454 e. The molecule has 2 saturated heterocycles. The van der Waals surface area contributed by atoms with Crippen molar-refractivity contribution < 1.29 is 33.0 Å². The molecule has 9 nitrogen and oxygen atoms in total. The zero-order valence-corrected chi connectivity index (χ0v) is 21.7. The molecule has 10 heteroatoms. The number of benzene rings is 3. The van der Waals surface area contributed by atoms with E-state index in [1.54, 1.807) is 46.2 Å². The second-order valence-electron chi connectivity index (χ2n) is 10.0. The van der Waals surface area contributed by atoms with Gasteiger partial charge in [0.05, 0.1) is 6.61 Å². The van der Waals surface area contributed by atoms with E-state index in [2.05, 4.69) is 5.32 Å². The smallest absolute Gasteiger partial charge is 0.256 e. The maximum atomic E-state index is 13.8. The Bertz CT molecular complexity index is 1440. The SMILES string of the molecule is O=C(NCc1ccc2c(c1)OCO2)[C@H]1COC2(CCN(C(=O)c3cccc(F)c3)CC2)N1C(=O)c1ccccc1. The van der Waals surface area contributed by atoms with Crippen molar-refractivity contribution in [3.05, 3.63) is 95.3 Å². The minimum Gasteiger partial charge on any atom is -0.454 e. The van der Waals surface area contributed by atoms with Gasteiger partial charge < -0.3 is 24.4 Å². The molecule has 0 aliphatic carbocycles. The van der Waals surface area contributed by atoms with E-state index in [0.29, 0.717) is 43.0 Å². The van der Waals surface area contributed by atoms with Gasteiger partial charge in [-0.1, -0.05) is 30.3 Å². The van der Waals surface area contributed by atoms with Gasteiger partial charge in [-0.3, -0.25) is 19.3 Å². The molecule has 3 aromatic carbocycles. The number of fused-ring (bicyclic) bond motifs is 1. The van der Waals surface area contributed by atoms with Gasteiger partial charge in [0.2, 0.25) is 12.7 Å². The molecule has 0 radical (unpaired) electrons. The zero-order valence-electron chi connectivity index (χ0n) is 21.7. The molecule has 3 heterocycles. The first-order chi connectivity index (χ1) is 19.4. The third-order valence-corrected chi connectivity index (χ3v) is 7.61. The van der Waals surface area contributed by atoms with Crippen LogP contribution in [0.15, 0.2) is 72.8 Å². The molecule has 3 aliphatic heterocycles. The summed E-state index contributed by atoms with van der Waals surface area (Å²) in [7, 11) is 0. The number of piperidine rings is 1. The molecule has 2 fully saturated rings. The molecule has 1 atom stereocenters. The van der Waals surface area contributed by atoms with Crippen LogP contribution in [0.1, 0.15) is 39.1 Å². The molecule has 6 rings (SSSR count). The van der Waals surface area contributed by atoms with Gasteiger partial charge in [0, 0.05) is 43.6 Å². The van der Waals surface area contributed by atoms with Crippen LogP contribution in [-0.4, -0.2) is 65.8 Å². The summed E-state index contributed by atoms with van der Waals surface area (Å²) in [6, 6.07) is 19.0. The first-order valence-corrected chi connectivity index (χ1v) is 13.2. The first-order valence-electron chi connectivity index (χ1n) is 13.2. The Morgan fingerprint density at radius 2 is 1.62 bits per heavy atom. The van der Waals surface area contributed by atoms with Crippen molar-refractivity contribution in [1.82, 2.24) is 15.1 Å². The average molecular weight is 546 g/mol. The van der Waals surface area contributed by atoms with Gasteiger partial charge in [0.15, 0.2) is 11.5 Å². The third kappa shape index (κ3) is 4.86. The highest BCUT2D eigenvalue weighted by atomic mass is 19.1. The van der Waals surface area contributed by atoms with E-state index in [4.69, 9.17) is 14.2 Å². The van der Waals surface area contributed by atoms with Crippen molar-refractivity contribution in [1.29, 1.82) is 0 Å². The van der Waals surface area contributed by atoms with Crippen LogP contribution in [0.25, 0.3) is 0 Å². The van der Waals surface area contributed by atoms with E-state index < -0.39 is 17.6 Å². The molecular weight excluding hydrogens is 517 g/mol. The van der Waals surface area contributed by atoms with Gasteiger partial charge in [0.1, 0.15) is 17.6 Å². The third-order valence-electron chi connectivity index (χ3n) is 7.61. The lowest BCUT2D eigenvalue weighted by Gasteiger charge is -2.44. The van der Waals surface area contributed by atoms with Crippen molar-refractivity contribution in [2.45, 2.75) is 31.2 Å². The standard InChI is InChI=1S/C30H28FN3O6/c31-23-8-4-7-22(16-23)28(36)33-13-11-30(12-14-33)34(29(37)21-5-2-1-3-6-21)24(18-40-30)27(35)32-17-20-9-10-25-26(15-20)39-19-38-25/h1-10,15-16,24H,11-14,17-19H2,(H,32,35)/t24-/m1/s1. The van der Waals surface area contributed by atoms with Crippen LogP contribution in [0.3, 0.4) is 0 Å². The fraction of sp³-hybridized carbons (Fsp3) is 0.300. The Morgan fingerprint density at radius 1 is 0.875 bits per heavy atom. The highest BCUT2D eigenvalue weighted by Gasteiger charge is 2.54. The number of rotatable bonds is 5. The number of halogens is 1. The minimum atomic E-state index is -1.05. The molecule has 40 heavy (non-hydrogen) atoms. The molecule has 0 unspecified atom stereocenters. The van der Waals surface area contributed by atoms with Gasteiger partial charge in [-0.15, -0.1) is 0 Å². The van der Waals surface area contributed by atoms with Crippen LogP contribution in [-0.2, 0) is 16.1 Å². The number of nitrogens with one attached hydrogen (secondary N) is 1. The summed E-state index contributed by atoms with van der Waals surface area (Å²) < 4.78 is 30.7. The molecule has 0 aromatic heterocycles. The van der Waals surface area contributed by atoms with E-state index in [1.165, 1.54) is 18.2 Å². The van der Waals surface area contributed by atoms with Crippen LogP contribution in [0.4, 0.5) is 4.39 Å². The molecular formula is C30H28FN3O6. The van der Waals surface area contributed by atoms with Gasteiger partial charge in [-0.25, -0.2) is 4.39 Å². The molecule has 1 spiro atoms. The maximum absolute atomic E-state index is 13.8. The maximum Gasteiger partial charge on any atom is 0.256 e. The fourth-order valence-electron chi connectivity index (χ4n) is 5.51. The summed E-state index contributed by atoms with van der Waals surface area (Å²) >= 11 is 0. The molecule has 3 aliphatic rings. The number of hydrogen-bond acceptors (Lipinski definition) is 6. The van der Waals surface area contributed by atoms with Crippen LogP contribution in [0.2, 0.25) is 0 Å². The Hall–Kier alpha value is -4.44. The molecule has 0 bridgehead atoms. The lowest BCUT2D eigenvalue weighted by molar-refractivity contribution is -0.128. The van der Waals surface area contributed by atoms with Gasteiger partial charge in [0.25, 0.3) is 11.8 Å². The Balaban J connectivity index is 1.20. The molecule has 3 amide bonds. The minimum absolute atomic E-state index is 0.0311. The summed E-state index contributed by atoms with van der Waals surface area (Å²) in [5.41, 5.74) is 0.490. The molecule has 206 valence electrons. The normalized spacial score (nSPS) is 19.1. The van der Waals surface area contributed by atoms with Gasteiger partial charge in [-0.05, 0) is 48.0 Å². The van der Waals surface area contributed by atoms with E-state index >= 15 is 0 Å². The first kappa shape index (κ1) is 25.8. The van der Waals surface area contributed by atoms with Crippen LogP contribution < -0.4 is 14.8 Å². The van der Waals surface area contributed by atoms with Crippen LogP contribution in [0.5, 0.6) is 11.5 Å². The summed E-state index contributed by atoms with van der Waals surface area (Å²) in [4.78, 5) is 43.5. The lowest BCUT2D eigenvalue weighted by atomic mass is 9.96. The van der Waals surface area contributed by atoms with Crippen LogP contribution >= 0.6 is 0 Å². The summed E-state index contributed by atoms with van der Waals surface area (Å²) in [6.07, 6.45) is 0.636. The van der Waals surface area contributed by atoms with Gasteiger partial charge in [-0.2, -0.15) is 0 Å². The Labute approximate surface area is 230 Å². The second kappa shape index (κ2) is 10.6. The molecule has 3 aromatic rings. The molecule has 1 N–H and O–H groups in total. The van der Waals surface area contributed by atoms with Crippen LogP contribution in [0, 0.1) is 5.82 Å². The summed E-state index contributed by atoms with van der Waals surface area (Å²) in [5, 5.41) is 2.93. The van der Waals surface area contributed by atoms with Crippen molar-refractivity contribution in [3.63, 3.8) is 0 Å². The fourth-order valence-corrected chi connectivity index (χ4v) is 5.51. The number of amides is 3. The number of carbonyl (C=O) groups is 3. The van der Waals surface area contributed by atoms with E-state index in [9.17, 15) is 18.8 Å². The summed E-state index contributed by atoms with van der Waals surface area (Å²) in [6.45, 7) is 1.01. The Kier molecular flexibility index (Phi) is 6.85. The second-order valence-corrected chi connectivity index (χ2v) is 10.0. The van der Waals surface area contributed by atoms with E-state index in [0.717, 1.165) is 5.56 Å². The van der Waals surface area contributed by atoms with Crippen molar-refractivity contribution in [2.75, 3.05) is 26.5 Å². The number of likely N-dealkylation sites (tertiary alicyclic amines) is 1. The average Bonchev–Trinajstić information content (AvgIpc) is 3.60. The number of hydrogen-bond donors (Lipinski definition) is 1. The lowest BCUT2D eigenvalue weighted by Crippen LogP contribution is -2.59. The predicted molar refractivity (Wildman–Crippen MR) is 141 cm³/mol.